The summed E-state index contributed by atoms with van der Waals surface area (Å²) >= 11 is 3.21. The van der Waals surface area contributed by atoms with Crippen LogP contribution in [0.5, 0.6) is 0 Å². The van der Waals surface area contributed by atoms with Crippen LogP contribution in [0.25, 0.3) is 0 Å². The van der Waals surface area contributed by atoms with E-state index in [-0.39, 0.29) is 17.9 Å². The predicted molar refractivity (Wildman–Crippen MR) is 66.3 cm³/mol. The van der Waals surface area contributed by atoms with Gasteiger partial charge in [-0.3, -0.25) is 10.2 Å². The van der Waals surface area contributed by atoms with E-state index in [1.54, 1.807) is 12.1 Å². The van der Waals surface area contributed by atoms with Crippen LogP contribution in [0.1, 0.15) is 6.42 Å². The lowest BCUT2D eigenvalue weighted by Crippen LogP contribution is -2.34. The molecule has 1 aromatic carbocycles. The summed E-state index contributed by atoms with van der Waals surface area (Å²) in [7, 11) is -3.57. The van der Waals surface area contributed by atoms with Gasteiger partial charge in [0.1, 0.15) is 0 Å². The van der Waals surface area contributed by atoms with Crippen molar-refractivity contribution in [3.8, 4) is 0 Å². The SMILES string of the molecule is NNC(=O)CCNS(=O)(=O)c1ccc(Br)cc1. The van der Waals surface area contributed by atoms with Crippen molar-refractivity contribution in [2.24, 2.45) is 5.84 Å². The quantitative estimate of drug-likeness (QED) is 0.407. The summed E-state index contributed by atoms with van der Waals surface area (Å²) in [6, 6.07) is 6.19. The molecule has 0 saturated heterocycles. The van der Waals surface area contributed by atoms with Crippen molar-refractivity contribution in [2.75, 3.05) is 6.54 Å². The minimum atomic E-state index is -3.57. The first kappa shape index (κ1) is 14.1. The molecule has 0 aliphatic heterocycles. The van der Waals surface area contributed by atoms with E-state index in [0.29, 0.717) is 0 Å². The van der Waals surface area contributed by atoms with Gasteiger partial charge in [0.2, 0.25) is 15.9 Å². The lowest BCUT2D eigenvalue weighted by Gasteiger charge is -2.06. The highest BCUT2D eigenvalue weighted by atomic mass is 79.9. The number of nitrogens with two attached hydrogens (primary N) is 1. The number of halogens is 1. The Morgan fingerprint density at radius 2 is 1.88 bits per heavy atom. The van der Waals surface area contributed by atoms with E-state index < -0.39 is 15.9 Å². The molecule has 0 heterocycles. The first-order valence-corrected chi connectivity index (χ1v) is 6.98. The third-order valence-electron chi connectivity index (χ3n) is 1.93. The number of hydrazine groups is 1. The molecule has 0 aliphatic rings. The maximum absolute atomic E-state index is 11.7. The van der Waals surface area contributed by atoms with E-state index in [1.807, 2.05) is 5.43 Å². The van der Waals surface area contributed by atoms with Gasteiger partial charge in [-0.05, 0) is 24.3 Å². The number of benzene rings is 1. The van der Waals surface area contributed by atoms with Gasteiger partial charge in [0.15, 0.2) is 0 Å². The van der Waals surface area contributed by atoms with E-state index >= 15 is 0 Å². The van der Waals surface area contributed by atoms with Crippen LogP contribution in [0.3, 0.4) is 0 Å². The van der Waals surface area contributed by atoms with Gasteiger partial charge >= 0.3 is 0 Å². The predicted octanol–water partition coefficient (Wildman–Crippen LogP) is 0.107. The summed E-state index contributed by atoms with van der Waals surface area (Å²) in [6.45, 7) is 0.00142. The molecular weight excluding hydrogens is 310 g/mol. The molecule has 0 saturated carbocycles. The number of amides is 1. The lowest BCUT2D eigenvalue weighted by molar-refractivity contribution is -0.120. The Bertz CT molecular complexity index is 487. The Morgan fingerprint density at radius 3 is 2.41 bits per heavy atom. The highest BCUT2D eigenvalue weighted by Gasteiger charge is 2.13. The Kier molecular flexibility index (Phi) is 5.06. The molecule has 1 amide bonds. The van der Waals surface area contributed by atoms with Crippen molar-refractivity contribution in [3.63, 3.8) is 0 Å². The summed E-state index contributed by atoms with van der Waals surface area (Å²) < 4.78 is 26.5. The number of carbonyl (C=O) groups is 1. The van der Waals surface area contributed by atoms with Crippen molar-refractivity contribution < 1.29 is 13.2 Å². The average molecular weight is 322 g/mol. The first-order chi connectivity index (χ1) is 7.95. The molecule has 6 nitrogen and oxygen atoms in total. The highest BCUT2D eigenvalue weighted by molar-refractivity contribution is 9.10. The van der Waals surface area contributed by atoms with Gasteiger partial charge in [-0.1, -0.05) is 15.9 Å². The number of rotatable bonds is 5. The molecule has 0 spiro atoms. The molecule has 1 rings (SSSR count). The van der Waals surface area contributed by atoms with Gasteiger partial charge in [0.05, 0.1) is 4.90 Å². The topological polar surface area (TPSA) is 101 Å². The molecule has 4 N–H and O–H groups in total. The van der Waals surface area contributed by atoms with Crippen LogP contribution in [0.15, 0.2) is 33.6 Å². The summed E-state index contributed by atoms with van der Waals surface area (Å²) in [5.74, 6) is 4.44. The number of hydrogen-bond donors (Lipinski definition) is 3. The van der Waals surface area contributed by atoms with E-state index in [9.17, 15) is 13.2 Å². The first-order valence-electron chi connectivity index (χ1n) is 4.70. The van der Waals surface area contributed by atoms with Gasteiger partial charge in [-0.25, -0.2) is 19.0 Å². The Morgan fingerprint density at radius 1 is 1.29 bits per heavy atom. The van der Waals surface area contributed by atoms with Gasteiger partial charge in [-0.2, -0.15) is 0 Å². The molecule has 0 fully saturated rings. The molecule has 1 aromatic rings. The molecule has 0 unspecified atom stereocenters. The van der Waals surface area contributed by atoms with Crippen LogP contribution in [-0.4, -0.2) is 20.9 Å². The molecule has 0 aliphatic carbocycles. The fraction of sp³-hybridized carbons (Fsp3) is 0.222. The highest BCUT2D eigenvalue weighted by Crippen LogP contribution is 2.14. The minimum Gasteiger partial charge on any atom is -0.294 e. The molecule has 0 bridgehead atoms. The molecule has 0 aromatic heterocycles. The molecular formula is C9H12BrN3O3S. The Balaban J connectivity index is 2.63. The van der Waals surface area contributed by atoms with Gasteiger partial charge in [0, 0.05) is 17.4 Å². The van der Waals surface area contributed by atoms with Crippen LogP contribution in [0, 0.1) is 0 Å². The summed E-state index contributed by atoms with van der Waals surface area (Å²) in [5.41, 5.74) is 1.92. The zero-order valence-electron chi connectivity index (χ0n) is 8.81. The van der Waals surface area contributed by atoms with Crippen molar-refractivity contribution in [2.45, 2.75) is 11.3 Å². The minimum absolute atomic E-state index is 0.00142. The Labute approximate surface area is 108 Å². The number of hydrogen-bond acceptors (Lipinski definition) is 4. The van der Waals surface area contributed by atoms with E-state index in [0.717, 1.165) is 4.47 Å². The van der Waals surface area contributed by atoms with Crippen molar-refractivity contribution >= 4 is 31.9 Å². The fourth-order valence-corrected chi connectivity index (χ4v) is 2.36. The van der Waals surface area contributed by atoms with Crippen LogP contribution in [0.2, 0.25) is 0 Å². The van der Waals surface area contributed by atoms with Crippen molar-refractivity contribution in [3.05, 3.63) is 28.7 Å². The number of carbonyl (C=O) groups excluding carboxylic acids is 1. The van der Waals surface area contributed by atoms with Crippen LogP contribution < -0.4 is 16.0 Å². The maximum atomic E-state index is 11.7. The molecule has 17 heavy (non-hydrogen) atoms. The van der Waals surface area contributed by atoms with Gasteiger partial charge in [0.25, 0.3) is 0 Å². The van der Waals surface area contributed by atoms with Crippen molar-refractivity contribution in [1.29, 1.82) is 0 Å². The zero-order chi connectivity index (χ0) is 12.9. The average Bonchev–Trinajstić information content (AvgIpc) is 2.29. The zero-order valence-corrected chi connectivity index (χ0v) is 11.2. The van der Waals surface area contributed by atoms with E-state index in [4.69, 9.17) is 5.84 Å². The molecule has 94 valence electrons. The second-order valence-corrected chi connectivity index (χ2v) is 5.85. The third-order valence-corrected chi connectivity index (χ3v) is 3.93. The summed E-state index contributed by atoms with van der Waals surface area (Å²) in [5, 5.41) is 0. The van der Waals surface area contributed by atoms with E-state index in [1.165, 1.54) is 12.1 Å². The van der Waals surface area contributed by atoms with Crippen LogP contribution in [-0.2, 0) is 14.8 Å². The normalized spacial score (nSPS) is 11.2. The smallest absolute Gasteiger partial charge is 0.240 e. The van der Waals surface area contributed by atoms with Gasteiger partial charge in [-0.15, -0.1) is 0 Å². The monoisotopic (exact) mass is 321 g/mol. The lowest BCUT2D eigenvalue weighted by atomic mass is 10.4. The standard InChI is InChI=1S/C9H12BrN3O3S/c10-7-1-3-8(4-2-7)17(15,16)12-6-5-9(14)13-11/h1-4,12H,5-6,11H2,(H,13,14). The number of nitrogens with one attached hydrogen (secondary N) is 2. The third kappa shape index (κ3) is 4.43. The second kappa shape index (κ2) is 6.10. The van der Waals surface area contributed by atoms with E-state index in [2.05, 4.69) is 20.7 Å². The van der Waals surface area contributed by atoms with Crippen molar-refractivity contribution in [1.82, 2.24) is 10.1 Å². The molecule has 8 heteroatoms. The summed E-state index contributed by atoms with van der Waals surface area (Å²) in [4.78, 5) is 10.9. The summed E-state index contributed by atoms with van der Waals surface area (Å²) in [6.07, 6.45) is -0.00768. The van der Waals surface area contributed by atoms with Crippen LogP contribution in [0.4, 0.5) is 0 Å². The second-order valence-electron chi connectivity index (χ2n) is 3.17. The van der Waals surface area contributed by atoms with Gasteiger partial charge < -0.3 is 0 Å². The fourth-order valence-electron chi connectivity index (χ4n) is 1.07. The molecule has 0 radical (unpaired) electrons. The Hall–Kier alpha value is -0.960. The molecule has 0 atom stereocenters. The maximum Gasteiger partial charge on any atom is 0.240 e. The van der Waals surface area contributed by atoms with Crippen LogP contribution >= 0.6 is 15.9 Å². The number of sulfonamides is 1. The largest absolute Gasteiger partial charge is 0.294 e.